The molecule has 1 aromatic heterocycles. The third-order valence-corrected chi connectivity index (χ3v) is 5.53. The van der Waals surface area contributed by atoms with Gasteiger partial charge in [0, 0.05) is 12.1 Å². The number of hydrogen-bond acceptors (Lipinski definition) is 2. The van der Waals surface area contributed by atoms with Crippen molar-refractivity contribution < 1.29 is 4.79 Å². The lowest BCUT2D eigenvalue weighted by Crippen LogP contribution is -2.25. The Morgan fingerprint density at radius 1 is 1.04 bits per heavy atom. The summed E-state index contributed by atoms with van der Waals surface area (Å²) in [7, 11) is 0. The van der Waals surface area contributed by atoms with Crippen molar-refractivity contribution in [2.75, 3.05) is 6.54 Å². The molecule has 1 amide bonds. The van der Waals surface area contributed by atoms with Crippen LogP contribution in [-0.4, -0.2) is 22.2 Å². The van der Waals surface area contributed by atoms with Crippen LogP contribution in [0.25, 0.3) is 0 Å². The molecule has 0 aliphatic carbocycles. The minimum absolute atomic E-state index is 0.0404. The van der Waals surface area contributed by atoms with Crippen LogP contribution in [0.15, 0.2) is 59.1 Å². The van der Waals surface area contributed by atoms with Gasteiger partial charge < -0.3 is 5.32 Å². The second-order valence-corrected chi connectivity index (χ2v) is 7.12. The number of nitrogens with one attached hydrogen (secondary N) is 1. The minimum atomic E-state index is -0.0404. The van der Waals surface area contributed by atoms with Crippen molar-refractivity contribution in [1.82, 2.24) is 15.1 Å². The molecule has 1 heterocycles. The SMILES string of the molecule is Cc1nn(Cc2ccc(C(=O)NCCc3ccccc3)cc2)c(C)c1Br. The van der Waals surface area contributed by atoms with Crippen LogP contribution in [0.2, 0.25) is 0 Å². The van der Waals surface area contributed by atoms with E-state index in [1.807, 2.05) is 61.0 Å². The number of aromatic nitrogens is 2. The Morgan fingerprint density at radius 3 is 2.35 bits per heavy atom. The van der Waals surface area contributed by atoms with Gasteiger partial charge in [-0.1, -0.05) is 42.5 Å². The second-order valence-electron chi connectivity index (χ2n) is 6.33. The number of rotatable bonds is 6. The van der Waals surface area contributed by atoms with Crippen molar-refractivity contribution in [2.24, 2.45) is 0 Å². The highest BCUT2D eigenvalue weighted by Crippen LogP contribution is 2.20. The molecule has 0 bridgehead atoms. The van der Waals surface area contributed by atoms with E-state index < -0.39 is 0 Å². The van der Waals surface area contributed by atoms with E-state index in [0.717, 1.165) is 27.8 Å². The average molecular weight is 412 g/mol. The first-order valence-electron chi connectivity index (χ1n) is 8.65. The zero-order valence-electron chi connectivity index (χ0n) is 15.0. The molecule has 134 valence electrons. The Balaban J connectivity index is 1.56. The molecule has 0 unspecified atom stereocenters. The molecule has 3 rings (SSSR count). The van der Waals surface area contributed by atoms with Gasteiger partial charge in [-0.2, -0.15) is 5.10 Å². The van der Waals surface area contributed by atoms with Gasteiger partial charge in [0.25, 0.3) is 5.91 Å². The van der Waals surface area contributed by atoms with E-state index in [9.17, 15) is 4.79 Å². The maximum absolute atomic E-state index is 12.3. The first-order chi connectivity index (χ1) is 12.5. The smallest absolute Gasteiger partial charge is 0.251 e. The van der Waals surface area contributed by atoms with Crippen LogP contribution in [0.3, 0.4) is 0 Å². The third-order valence-electron chi connectivity index (χ3n) is 4.38. The predicted molar refractivity (Wildman–Crippen MR) is 107 cm³/mol. The molecule has 2 aromatic carbocycles. The summed E-state index contributed by atoms with van der Waals surface area (Å²) in [5, 5.41) is 7.50. The van der Waals surface area contributed by atoms with Gasteiger partial charge in [-0.05, 0) is 59.5 Å². The molecule has 0 spiro atoms. The van der Waals surface area contributed by atoms with Gasteiger partial charge in [0.15, 0.2) is 0 Å². The lowest BCUT2D eigenvalue weighted by molar-refractivity contribution is 0.0954. The van der Waals surface area contributed by atoms with E-state index >= 15 is 0 Å². The van der Waals surface area contributed by atoms with E-state index in [2.05, 4.69) is 38.5 Å². The van der Waals surface area contributed by atoms with E-state index in [1.54, 1.807) is 0 Å². The number of amides is 1. The fourth-order valence-corrected chi connectivity index (χ4v) is 3.11. The molecule has 1 N–H and O–H groups in total. The third kappa shape index (κ3) is 4.41. The summed E-state index contributed by atoms with van der Waals surface area (Å²) in [5.41, 5.74) is 5.10. The van der Waals surface area contributed by atoms with E-state index in [1.165, 1.54) is 5.56 Å². The molecule has 0 saturated heterocycles. The van der Waals surface area contributed by atoms with Gasteiger partial charge in [-0.3, -0.25) is 9.48 Å². The van der Waals surface area contributed by atoms with Crippen LogP contribution in [0.5, 0.6) is 0 Å². The summed E-state index contributed by atoms with van der Waals surface area (Å²) < 4.78 is 3.01. The van der Waals surface area contributed by atoms with Gasteiger partial charge in [0.05, 0.1) is 22.4 Å². The number of nitrogens with zero attached hydrogens (tertiary/aromatic N) is 2. The van der Waals surface area contributed by atoms with Gasteiger partial charge in [-0.15, -0.1) is 0 Å². The largest absolute Gasteiger partial charge is 0.352 e. The summed E-state index contributed by atoms with van der Waals surface area (Å²) >= 11 is 3.55. The van der Waals surface area contributed by atoms with Gasteiger partial charge >= 0.3 is 0 Å². The number of carbonyl (C=O) groups excluding carboxylic acids is 1. The number of halogens is 1. The van der Waals surface area contributed by atoms with Crippen molar-refractivity contribution in [3.8, 4) is 0 Å². The molecule has 26 heavy (non-hydrogen) atoms. The van der Waals surface area contributed by atoms with Crippen LogP contribution < -0.4 is 5.32 Å². The molecule has 4 nitrogen and oxygen atoms in total. The first kappa shape index (κ1) is 18.4. The lowest BCUT2D eigenvalue weighted by atomic mass is 10.1. The van der Waals surface area contributed by atoms with Crippen molar-refractivity contribution >= 4 is 21.8 Å². The molecule has 0 radical (unpaired) electrons. The fourth-order valence-electron chi connectivity index (χ4n) is 2.83. The Bertz CT molecular complexity index is 886. The van der Waals surface area contributed by atoms with Crippen LogP contribution in [-0.2, 0) is 13.0 Å². The normalized spacial score (nSPS) is 10.7. The number of aryl methyl sites for hydroxylation is 1. The van der Waals surface area contributed by atoms with Crippen molar-refractivity contribution in [2.45, 2.75) is 26.8 Å². The molecule has 0 saturated carbocycles. The number of benzene rings is 2. The molecule has 0 aliphatic heterocycles. The molecular formula is C21H22BrN3O. The summed E-state index contributed by atoms with van der Waals surface area (Å²) in [6.07, 6.45) is 0.831. The second kappa shape index (κ2) is 8.32. The molecule has 5 heteroatoms. The van der Waals surface area contributed by atoms with Gasteiger partial charge in [-0.25, -0.2) is 0 Å². The van der Waals surface area contributed by atoms with Gasteiger partial charge in [0.1, 0.15) is 0 Å². The van der Waals surface area contributed by atoms with Crippen LogP contribution in [0, 0.1) is 13.8 Å². The quantitative estimate of drug-likeness (QED) is 0.657. The summed E-state index contributed by atoms with van der Waals surface area (Å²) in [6.45, 7) is 5.34. The Morgan fingerprint density at radius 2 is 1.73 bits per heavy atom. The summed E-state index contributed by atoms with van der Waals surface area (Å²) in [4.78, 5) is 12.3. The fraction of sp³-hybridized carbons (Fsp3) is 0.238. The van der Waals surface area contributed by atoms with Gasteiger partial charge in [0.2, 0.25) is 0 Å². The van der Waals surface area contributed by atoms with E-state index in [-0.39, 0.29) is 5.91 Å². The summed E-state index contributed by atoms with van der Waals surface area (Å²) in [5.74, 6) is -0.0404. The Hall–Kier alpha value is -2.40. The summed E-state index contributed by atoms with van der Waals surface area (Å²) in [6, 6.07) is 17.9. The Kier molecular flexibility index (Phi) is 5.89. The van der Waals surface area contributed by atoms with Crippen molar-refractivity contribution in [3.05, 3.63) is 87.1 Å². The topological polar surface area (TPSA) is 46.9 Å². The minimum Gasteiger partial charge on any atom is -0.352 e. The number of hydrogen-bond donors (Lipinski definition) is 1. The molecular weight excluding hydrogens is 390 g/mol. The average Bonchev–Trinajstić information content (AvgIpc) is 2.90. The zero-order valence-corrected chi connectivity index (χ0v) is 16.6. The lowest BCUT2D eigenvalue weighted by Gasteiger charge is -2.08. The van der Waals surface area contributed by atoms with Crippen molar-refractivity contribution in [1.29, 1.82) is 0 Å². The van der Waals surface area contributed by atoms with Crippen LogP contribution >= 0.6 is 15.9 Å². The van der Waals surface area contributed by atoms with Crippen LogP contribution in [0.4, 0.5) is 0 Å². The van der Waals surface area contributed by atoms with Crippen LogP contribution in [0.1, 0.15) is 32.9 Å². The standard InChI is InChI=1S/C21H22BrN3O/c1-15-20(22)16(2)25(24-15)14-18-8-10-19(11-9-18)21(26)23-13-12-17-6-4-3-5-7-17/h3-11H,12-14H2,1-2H3,(H,23,26). The zero-order chi connectivity index (χ0) is 18.5. The number of carbonyl (C=O) groups is 1. The maximum atomic E-state index is 12.3. The highest BCUT2D eigenvalue weighted by Gasteiger charge is 2.10. The maximum Gasteiger partial charge on any atom is 0.251 e. The molecule has 0 atom stereocenters. The van der Waals surface area contributed by atoms with E-state index in [0.29, 0.717) is 18.7 Å². The molecule has 0 aliphatic rings. The van der Waals surface area contributed by atoms with Crippen molar-refractivity contribution in [3.63, 3.8) is 0 Å². The monoisotopic (exact) mass is 411 g/mol. The highest BCUT2D eigenvalue weighted by atomic mass is 79.9. The van der Waals surface area contributed by atoms with E-state index in [4.69, 9.17) is 0 Å². The Labute approximate surface area is 162 Å². The molecule has 3 aromatic rings. The first-order valence-corrected chi connectivity index (χ1v) is 9.44. The highest BCUT2D eigenvalue weighted by molar-refractivity contribution is 9.10. The molecule has 0 fully saturated rings. The predicted octanol–water partition coefficient (Wildman–Crippen LogP) is 4.28.